The molecule has 124 valence electrons. The van der Waals surface area contributed by atoms with Crippen LogP contribution in [-0.4, -0.2) is 35.1 Å². The van der Waals surface area contributed by atoms with E-state index in [1.54, 1.807) is 14.2 Å². The van der Waals surface area contributed by atoms with Gasteiger partial charge in [-0.2, -0.15) is 5.10 Å². The largest absolute Gasteiger partial charge is 0.496 e. The van der Waals surface area contributed by atoms with E-state index in [2.05, 4.69) is 10.4 Å². The SMILES string of the molecule is CCn1ncc(NCc2ccc(OC)c(COC)c2)c1C(=O)O. The molecule has 0 saturated carbocycles. The summed E-state index contributed by atoms with van der Waals surface area (Å²) < 4.78 is 11.9. The van der Waals surface area contributed by atoms with Gasteiger partial charge in [0.05, 0.1) is 25.6 Å². The van der Waals surface area contributed by atoms with Crippen molar-refractivity contribution in [3.05, 3.63) is 41.2 Å². The molecule has 0 saturated heterocycles. The van der Waals surface area contributed by atoms with Gasteiger partial charge in [-0.05, 0) is 24.6 Å². The van der Waals surface area contributed by atoms with Gasteiger partial charge in [0.25, 0.3) is 0 Å². The van der Waals surface area contributed by atoms with Gasteiger partial charge in [0.2, 0.25) is 0 Å². The highest BCUT2D eigenvalue weighted by Crippen LogP contribution is 2.22. The zero-order valence-electron chi connectivity index (χ0n) is 13.5. The molecule has 1 aromatic heterocycles. The van der Waals surface area contributed by atoms with Crippen LogP contribution in [0.25, 0.3) is 0 Å². The molecule has 0 radical (unpaired) electrons. The van der Waals surface area contributed by atoms with E-state index < -0.39 is 5.97 Å². The van der Waals surface area contributed by atoms with Crippen molar-refractivity contribution in [3.63, 3.8) is 0 Å². The van der Waals surface area contributed by atoms with Crippen LogP contribution in [0.4, 0.5) is 5.69 Å². The quantitative estimate of drug-likeness (QED) is 0.777. The van der Waals surface area contributed by atoms with Gasteiger partial charge in [0.15, 0.2) is 5.69 Å². The van der Waals surface area contributed by atoms with Gasteiger partial charge in [-0.25, -0.2) is 4.79 Å². The second-order valence-corrected chi connectivity index (χ2v) is 4.96. The number of carbonyl (C=O) groups is 1. The summed E-state index contributed by atoms with van der Waals surface area (Å²) in [4.78, 5) is 11.4. The molecule has 7 heteroatoms. The Balaban J connectivity index is 2.16. The van der Waals surface area contributed by atoms with Gasteiger partial charge < -0.3 is 19.9 Å². The van der Waals surface area contributed by atoms with Crippen LogP contribution in [0.1, 0.15) is 28.5 Å². The molecule has 0 bridgehead atoms. The van der Waals surface area contributed by atoms with Crippen molar-refractivity contribution >= 4 is 11.7 Å². The monoisotopic (exact) mass is 319 g/mol. The summed E-state index contributed by atoms with van der Waals surface area (Å²) in [7, 11) is 3.24. The van der Waals surface area contributed by atoms with Gasteiger partial charge in [0.1, 0.15) is 5.75 Å². The van der Waals surface area contributed by atoms with Crippen LogP contribution in [0, 0.1) is 0 Å². The first-order valence-electron chi connectivity index (χ1n) is 7.28. The number of rotatable bonds is 8. The normalized spacial score (nSPS) is 10.6. The van der Waals surface area contributed by atoms with Crippen molar-refractivity contribution in [1.29, 1.82) is 0 Å². The van der Waals surface area contributed by atoms with E-state index in [1.807, 2.05) is 25.1 Å². The molecule has 0 unspecified atom stereocenters. The van der Waals surface area contributed by atoms with Gasteiger partial charge >= 0.3 is 5.97 Å². The van der Waals surface area contributed by atoms with Crippen LogP contribution >= 0.6 is 0 Å². The number of aryl methyl sites for hydroxylation is 1. The van der Waals surface area contributed by atoms with E-state index in [4.69, 9.17) is 9.47 Å². The number of hydrogen-bond acceptors (Lipinski definition) is 5. The number of anilines is 1. The van der Waals surface area contributed by atoms with Crippen LogP contribution in [-0.2, 0) is 24.4 Å². The Kier molecular flexibility index (Phi) is 5.59. The maximum atomic E-state index is 11.4. The molecule has 0 aliphatic heterocycles. The molecule has 0 atom stereocenters. The number of nitrogens with zero attached hydrogens (tertiary/aromatic N) is 2. The van der Waals surface area contributed by atoms with Crippen LogP contribution in [0.3, 0.4) is 0 Å². The van der Waals surface area contributed by atoms with Crippen molar-refractivity contribution in [3.8, 4) is 5.75 Å². The topological polar surface area (TPSA) is 85.6 Å². The van der Waals surface area contributed by atoms with Crippen molar-refractivity contribution in [2.75, 3.05) is 19.5 Å². The number of ether oxygens (including phenoxy) is 2. The average molecular weight is 319 g/mol. The highest BCUT2D eigenvalue weighted by molar-refractivity contribution is 5.92. The molecule has 2 N–H and O–H groups in total. The standard InChI is InChI=1S/C16H21N3O4/c1-4-19-15(16(20)21)13(9-18-19)17-8-11-5-6-14(23-3)12(7-11)10-22-2/h5-7,9,17H,4,8,10H2,1-3H3,(H,20,21). The number of benzene rings is 1. The Morgan fingerprint density at radius 3 is 2.78 bits per heavy atom. The highest BCUT2D eigenvalue weighted by Gasteiger charge is 2.16. The second kappa shape index (κ2) is 7.64. The third kappa shape index (κ3) is 3.81. The predicted octanol–water partition coefficient (Wildman–Crippen LogP) is 2.37. The minimum atomic E-state index is -0.998. The van der Waals surface area contributed by atoms with Crippen molar-refractivity contribution in [1.82, 2.24) is 9.78 Å². The van der Waals surface area contributed by atoms with E-state index in [1.165, 1.54) is 10.9 Å². The molecule has 1 heterocycles. The first-order chi connectivity index (χ1) is 11.1. The average Bonchev–Trinajstić information content (AvgIpc) is 2.96. The lowest BCUT2D eigenvalue weighted by molar-refractivity contribution is 0.0684. The lowest BCUT2D eigenvalue weighted by Crippen LogP contribution is -2.11. The Bertz CT molecular complexity index is 682. The minimum absolute atomic E-state index is 0.165. The van der Waals surface area contributed by atoms with Crippen LogP contribution in [0.15, 0.2) is 24.4 Å². The zero-order chi connectivity index (χ0) is 16.8. The molecule has 2 rings (SSSR count). The molecular formula is C16H21N3O4. The van der Waals surface area contributed by atoms with Gasteiger partial charge in [-0.3, -0.25) is 4.68 Å². The third-order valence-electron chi connectivity index (χ3n) is 3.47. The van der Waals surface area contributed by atoms with E-state index >= 15 is 0 Å². The molecule has 0 amide bonds. The van der Waals surface area contributed by atoms with E-state index in [0.29, 0.717) is 25.4 Å². The van der Waals surface area contributed by atoms with E-state index in [0.717, 1.165) is 16.9 Å². The Hall–Kier alpha value is -2.54. The number of carboxylic acids is 1. The minimum Gasteiger partial charge on any atom is -0.496 e. The molecule has 2 aromatic rings. The number of nitrogens with one attached hydrogen (secondary N) is 1. The maximum Gasteiger partial charge on any atom is 0.356 e. The Morgan fingerprint density at radius 1 is 1.39 bits per heavy atom. The van der Waals surface area contributed by atoms with Crippen molar-refractivity contribution in [2.24, 2.45) is 0 Å². The number of aromatic carboxylic acids is 1. The predicted molar refractivity (Wildman–Crippen MR) is 85.9 cm³/mol. The molecular weight excluding hydrogens is 298 g/mol. The lowest BCUT2D eigenvalue weighted by atomic mass is 10.1. The molecule has 23 heavy (non-hydrogen) atoms. The molecule has 7 nitrogen and oxygen atoms in total. The fourth-order valence-corrected chi connectivity index (χ4v) is 2.39. The number of hydrogen-bond donors (Lipinski definition) is 2. The summed E-state index contributed by atoms with van der Waals surface area (Å²) >= 11 is 0. The zero-order valence-corrected chi connectivity index (χ0v) is 13.5. The molecule has 0 spiro atoms. The molecule has 0 aliphatic carbocycles. The van der Waals surface area contributed by atoms with Crippen molar-refractivity contribution in [2.45, 2.75) is 26.6 Å². The summed E-state index contributed by atoms with van der Waals surface area (Å²) in [5, 5.41) is 16.5. The maximum absolute atomic E-state index is 11.4. The Morgan fingerprint density at radius 2 is 2.17 bits per heavy atom. The third-order valence-corrected chi connectivity index (χ3v) is 3.47. The number of carboxylic acid groups (broad SMARTS) is 1. The number of aromatic nitrogens is 2. The summed E-state index contributed by atoms with van der Waals surface area (Å²) in [6.45, 7) is 3.29. The molecule has 0 fully saturated rings. The van der Waals surface area contributed by atoms with Crippen LogP contribution in [0.2, 0.25) is 0 Å². The molecule has 0 aliphatic rings. The van der Waals surface area contributed by atoms with Gasteiger partial charge in [-0.15, -0.1) is 0 Å². The lowest BCUT2D eigenvalue weighted by Gasteiger charge is -2.11. The van der Waals surface area contributed by atoms with E-state index in [-0.39, 0.29) is 5.69 Å². The summed E-state index contributed by atoms with van der Waals surface area (Å²) in [6, 6.07) is 5.77. The van der Waals surface area contributed by atoms with Crippen molar-refractivity contribution < 1.29 is 19.4 Å². The van der Waals surface area contributed by atoms with Crippen LogP contribution in [0.5, 0.6) is 5.75 Å². The van der Waals surface area contributed by atoms with Crippen LogP contribution < -0.4 is 10.1 Å². The highest BCUT2D eigenvalue weighted by atomic mass is 16.5. The second-order valence-electron chi connectivity index (χ2n) is 4.96. The van der Waals surface area contributed by atoms with Gasteiger partial charge in [-0.1, -0.05) is 6.07 Å². The summed E-state index contributed by atoms with van der Waals surface area (Å²) in [5.74, 6) is -0.234. The number of methoxy groups -OCH3 is 2. The Labute approximate surface area is 134 Å². The first kappa shape index (κ1) is 16.8. The van der Waals surface area contributed by atoms with Gasteiger partial charge in [0, 0.05) is 25.8 Å². The summed E-state index contributed by atoms with van der Waals surface area (Å²) in [6.07, 6.45) is 1.53. The van der Waals surface area contributed by atoms with E-state index in [9.17, 15) is 9.90 Å². The first-order valence-corrected chi connectivity index (χ1v) is 7.28. The smallest absolute Gasteiger partial charge is 0.356 e. The fourth-order valence-electron chi connectivity index (χ4n) is 2.39. The molecule has 1 aromatic carbocycles. The summed E-state index contributed by atoms with van der Waals surface area (Å²) in [5.41, 5.74) is 2.61. The fraction of sp³-hybridized carbons (Fsp3) is 0.375.